The molecule has 0 saturated carbocycles. The lowest BCUT2D eigenvalue weighted by Gasteiger charge is -2.39. The molecule has 2 rings (SSSR count). The fourth-order valence-corrected chi connectivity index (χ4v) is 5.11. The molecule has 5 heteroatoms. The predicted octanol–water partition coefficient (Wildman–Crippen LogP) is 6.55. The Kier molecular flexibility index (Phi) is 9.42. The number of carbonyl (C=O) groups is 1. The molecular formula is C24H44O4Si. The topological polar surface area (TPSA) is 48.1 Å². The molecule has 0 aromatic rings. The molecule has 0 amide bonds. The number of hydrogen-bond donors (Lipinski definition) is 0. The third kappa shape index (κ3) is 8.54. The van der Waals surface area contributed by atoms with Gasteiger partial charge in [0, 0.05) is 6.08 Å². The second-order valence-electron chi connectivity index (χ2n) is 10.5. The van der Waals surface area contributed by atoms with Crippen molar-refractivity contribution in [1.29, 1.82) is 0 Å². The van der Waals surface area contributed by atoms with Crippen molar-refractivity contribution in [1.82, 2.24) is 0 Å². The SMILES string of the molecule is C[C@H]1CCCCCCCCCC[C@@H](O[Si](C)(C)C(C)(C)C)[C@H]2O[C@H]2/C=C/C(=O)O1. The zero-order chi connectivity index (χ0) is 21.5. The molecule has 29 heavy (non-hydrogen) atoms. The van der Waals surface area contributed by atoms with Crippen molar-refractivity contribution < 1.29 is 18.7 Å². The molecule has 0 aliphatic carbocycles. The van der Waals surface area contributed by atoms with Gasteiger partial charge in [-0.3, -0.25) is 0 Å². The first-order valence-electron chi connectivity index (χ1n) is 11.8. The monoisotopic (exact) mass is 424 g/mol. The maximum Gasteiger partial charge on any atom is 0.330 e. The van der Waals surface area contributed by atoms with Gasteiger partial charge in [-0.05, 0) is 50.4 Å². The normalized spacial score (nSPS) is 32.4. The van der Waals surface area contributed by atoms with Gasteiger partial charge >= 0.3 is 5.97 Å². The first-order valence-corrected chi connectivity index (χ1v) is 14.7. The van der Waals surface area contributed by atoms with Crippen LogP contribution >= 0.6 is 0 Å². The van der Waals surface area contributed by atoms with Crippen molar-refractivity contribution in [3.8, 4) is 0 Å². The molecule has 4 nitrogen and oxygen atoms in total. The van der Waals surface area contributed by atoms with Gasteiger partial charge in [0.15, 0.2) is 8.32 Å². The van der Waals surface area contributed by atoms with Gasteiger partial charge in [0.25, 0.3) is 0 Å². The largest absolute Gasteiger partial charge is 0.460 e. The van der Waals surface area contributed by atoms with Crippen LogP contribution in [0.25, 0.3) is 0 Å². The van der Waals surface area contributed by atoms with Gasteiger partial charge < -0.3 is 13.9 Å². The molecule has 2 aliphatic rings. The molecule has 0 N–H and O–H groups in total. The number of esters is 1. The summed E-state index contributed by atoms with van der Waals surface area (Å²) in [6.45, 7) is 13.5. The van der Waals surface area contributed by atoms with Gasteiger partial charge in [-0.15, -0.1) is 0 Å². The number of epoxide rings is 1. The van der Waals surface area contributed by atoms with Gasteiger partial charge in [0.2, 0.25) is 0 Å². The molecule has 0 radical (unpaired) electrons. The molecule has 0 bridgehead atoms. The van der Waals surface area contributed by atoms with E-state index in [9.17, 15) is 4.79 Å². The third-order valence-electron chi connectivity index (χ3n) is 6.77. The fourth-order valence-electron chi connectivity index (χ4n) is 3.74. The van der Waals surface area contributed by atoms with Gasteiger partial charge in [0.1, 0.15) is 12.2 Å². The molecule has 1 saturated heterocycles. The van der Waals surface area contributed by atoms with Crippen LogP contribution in [-0.2, 0) is 18.7 Å². The van der Waals surface area contributed by atoms with Crippen LogP contribution in [0, 0.1) is 0 Å². The highest BCUT2D eigenvalue weighted by Crippen LogP contribution is 2.41. The van der Waals surface area contributed by atoms with Crippen LogP contribution in [0.4, 0.5) is 0 Å². The lowest BCUT2D eigenvalue weighted by molar-refractivity contribution is -0.142. The second-order valence-corrected chi connectivity index (χ2v) is 15.3. The highest BCUT2D eigenvalue weighted by molar-refractivity contribution is 6.74. The molecule has 2 heterocycles. The smallest absolute Gasteiger partial charge is 0.330 e. The summed E-state index contributed by atoms with van der Waals surface area (Å²) in [5.74, 6) is -0.255. The van der Waals surface area contributed by atoms with Crippen molar-refractivity contribution in [2.45, 2.75) is 134 Å². The molecule has 4 atom stereocenters. The number of cyclic esters (lactones) is 1. The standard InChI is InChI=1S/C24H44O4Si/c1-19-15-13-11-9-7-8-10-12-14-16-21(28-29(5,6)24(2,3)4)23-20(27-23)17-18-22(25)26-19/h17-21,23H,7-16H2,1-6H3/b18-17+/t19-,20-,21+,23-/m0/s1. The summed E-state index contributed by atoms with van der Waals surface area (Å²) in [4.78, 5) is 12.1. The Hall–Kier alpha value is -0.653. The summed E-state index contributed by atoms with van der Waals surface area (Å²) in [7, 11) is -1.86. The molecule has 0 aromatic heterocycles. The Morgan fingerprint density at radius 1 is 0.966 bits per heavy atom. The van der Waals surface area contributed by atoms with Gasteiger partial charge in [0.05, 0.1) is 12.2 Å². The van der Waals surface area contributed by atoms with E-state index in [0.717, 1.165) is 19.3 Å². The van der Waals surface area contributed by atoms with Crippen LogP contribution < -0.4 is 0 Å². The lowest BCUT2D eigenvalue weighted by Crippen LogP contribution is -2.45. The average molecular weight is 425 g/mol. The second kappa shape index (κ2) is 11.1. The summed E-state index contributed by atoms with van der Waals surface area (Å²) in [6, 6.07) is 0. The molecule has 0 unspecified atom stereocenters. The highest BCUT2D eigenvalue weighted by Gasteiger charge is 2.48. The summed E-state index contributed by atoms with van der Waals surface area (Å²) < 4.78 is 18.2. The van der Waals surface area contributed by atoms with E-state index in [4.69, 9.17) is 13.9 Å². The third-order valence-corrected chi connectivity index (χ3v) is 11.3. The Morgan fingerprint density at radius 2 is 1.52 bits per heavy atom. The quantitative estimate of drug-likeness (QED) is 0.286. The highest BCUT2D eigenvalue weighted by atomic mass is 28.4. The molecule has 0 aromatic carbocycles. The van der Waals surface area contributed by atoms with E-state index in [2.05, 4.69) is 33.9 Å². The molecular weight excluding hydrogens is 380 g/mol. The van der Waals surface area contributed by atoms with Gasteiger partial charge in [-0.2, -0.15) is 0 Å². The van der Waals surface area contributed by atoms with Crippen molar-refractivity contribution in [2.24, 2.45) is 0 Å². The maximum absolute atomic E-state index is 12.1. The van der Waals surface area contributed by atoms with Crippen molar-refractivity contribution in [3.63, 3.8) is 0 Å². The number of rotatable bonds is 2. The van der Waals surface area contributed by atoms with E-state index in [1.165, 1.54) is 44.9 Å². The summed E-state index contributed by atoms with van der Waals surface area (Å²) in [6.07, 6.45) is 15.6. The first-order chi connectivity index (χ1) is 13.6. The minimum atomic E-state index is -1.86. The number of hydrogen-bond acceptors (Lipinski definition) is 4. The van der Waals surface area contributed by atoms with Crippen LogP contribution in [0.15, 0.2) is 12.2 Å². The van der Waals surface area contributed by atoms with Crippen LogP contribution in [0.5, 0.6) is 0 Å². The Labute approximate surface area is 179 Å². The van der Waals surface area contributed by atoms with Crippen molar-refractivity contribution in [3.05, 3.63) is 12.2 Å². The van der Waals surface area contributed by atoms with Crippen molar-refractivity contribution in [2.75, 3.05) is 0 Å². The van der Waals surface area contributed by atoms with E-state index in [-0.39, 0.29) is 35.4 Å². The maximum atomic E-state index is 12.1. The summed E-state index contributed by atoms with van der Waals surface area (Å²) in [5, 5.41) is 0.180. The van der Waals surface area contributed by atoms with Crippen LogP contribution in [0.1, 0.15) is 91.9 Å². The molecule has 0 spiro atoms. The van der Waals surface area contributed by atoms with Crippen LogP contribution in [-0.4, -0.2) is 38.7 Å². The van der Waals surface area contributed by atoms with Crippen LogP contribution in [0.3, 0.4) is 0 Å². The van der Waals surface area contributed by atoms with Crippen LogP contribution in [0.2, 0.25) is 18.1 Å². The first kappa shape index (κ1) is 24.6. The van der Waals surface area contributed by atoms with E-state index < -0.39 is 8.32 Å². The van der Waals surface area contributed by atoms with E-state index in [0.29, 0.717) is 0 Å². The van der Waals surface area contributed by atoms with E-state index in [1.54, 1.807) is 6.08 Å². The number of carbonyl (C=O) groups excluding carboxylic acids is 1. The molecule has 2 aliphatic heterocycles. The summed E-state index contributed by atoms with van der Waals surface area (Å²) >= 11 is 0. The van der Waals surface area contributed by atoms with E-state index in [1.807, 2.05) is 13.0 Å². The minimum absolute atomic E-state index is 0.0170. The molecule has 1 fully saturated rings. The number of ether oxygens (including phenoxy) is 2. The zero-order valence-corrected chi connectivity index (χ0v) is 20.7. The van der Waals surface area contributed by atoms with Crippen molar-refractivity contribution >= 4 is 14.3 Å². The predicted molar refractivity (Wildman–Crippen MR) is 122 cm³/mol. The van der Waals surface area contributed by atoms with Gasteiger partial charge in [-0.1, -0.05) is 65.7 Å². The van der Waals surface area contributed by atoms with Gasteiger partial charge in [-0.25, -0.2) is 4.79 Å². The average Bonchev–Trinajstić information content (AvgIpc) is 3.38. The zero-order valence-electron chi connectivity index (χ0n) is 19.7. The number of fused-ring (bicyclic) bond motifs is 1. The Bertz CT molecular complexity index is 537. The summed E-state index contributed by atoms with van der Waals surface area (Å²) in [5.41, 5.74) is 0. The molecule has 168 valence electrons. The Morgan fingerprint density at radius 3 is 2.10 bits per heavy atom. The fraction of sp³-hybridized carbons (Fsp3) is 0.875. The Balaban J connectivity index is 2.00. The lowest BCUT2D eigenvalue weighted by atomic mass is 10.0. The van der Waals surface area contributed by atoms with E-state index >= 15 is 0 Å². The minimum Gasteiger partial charge on any atom is -0.460 e.